The Hall–Kier alpha value is -1.66. The number of amides is 1. The Morgan fingerprint density at radius 2 is 1.87 bits per heavy atom. The van der Waals surface area contributed by atoms with E-state index in [1.54, 1.807) is 12.1 Å². The molecule has 126 valence electrons. The van der Waals surface area contributed by atoms with Gasteiger partial charge in [0.1, 0.15) is 5.82 Å². The number of hydrogen-bond donors (Lipinski definition) is 1. The Bertz CT molecular complexity index is 528. The van der Waals surface area contributed by atoms with Gasteiger partial charge in [-0.15, -0.1) is 0 Å². The van der Waals surface area contributed by atoms with Crippen molar-refractivity contribution in [2.75, 3.05) is 57.3 Å². The van der Waals surface area contributed by atoms with Crippen LogP contribution in [0.15, 0.2) is 24.3 Å². The second-order valence-corrected chi connectivity index (χ2v) is 6.37. The van der Waals surface area contributed by atoms with Crippen LogP contribution in [0.5, 0.6) is 0 Å². The van der Waals surface area contributed by atoms with Crippen molar-refractivity contribution < 1.29 is 9.18 Å². The highest BCUT2D eigenvalue weighted by Gasteiger charge is 2.25. The van der Waals surface area contributed by atoms with Crippen LogP contribution >= 0.6 is 0 Å². The van der Waals surface area contributed by atoms with Crippen LogP contribution < -0.4 is 10.2 Å². The van der Waals surface area contributed by atoms with Crippen LogP contribution in [0.25, 0.3) is 0 Å². The number of benzene rings is 1. The quantitative estimate of drug-likeness (QED) is 0.893. The molecule has 1 aromatic rings. The molecule has 0 spiro atoms. The van der Waals surface area contributed by atoms with E-state index in [0.717, 1.165) is 51.5 Å². The molecule has 2 aliphatic rings. The van der Waals surface area contributed by atoms with Gasteiger partial charge in [-0.1, -0.05) is 0 Å². The van der Waals surface area contributed by atoms with E-state index in [2.05, 4.69) is 22.0 Å². The number of nitrogens with one attached hydrogen (secondary N) is 1. The molecule has 23 heavy (non-hydrogen) atoms. The zero-order valence-corrected chi connectivity index (χ0v) is 13.7. The van der Waals surface area contributed by atoms with Gasteiger partial charge in [0.2, 0.25) is 5.91 Å². The van der Waals surface area contributed by atoms with Crippen molar-refractivity contribution in [3.63, 3.8) is 0 Å². The zero-order chi connectivity index (χ0) is 16.2. The van der Waals surface area contributed by atoms with Crippen molar-refractivity contribution in [1.29, 1.82) is 0 Å². The van der Waals surface area contributed by atoms with E-state index in [9.17, 15) is 9.18 Å². The van der Waals surface area contributed by atoms with Crippen molar-refractivity contribution in [1.82, 2.24) is 15.1 Å². The fourth-order valence-electron chi connectivity index (χ4n) is 3.26. The SMILES string of the molecule is C[C@H]1CNCCN1CC(=O)N1CCN(c2ccc(F)cc2)CC1. The van der Waals surface area contributed by atoms with Gasteiger partial charge in [0.15, 0.2) is 0 Å². The number of halogens is 1. The normalized spacial score (nSPS) is 23.1. The topological polar surface area (TPSA) is 38.8 Å². The fraction of sp³-hybridized carbons (Fsp3) is 0.588. The van der Waals surface area contributed by atoms with Gasteiger partial charge in [-0.2, -0.15) is 0 Å². The zero-order valence-electron chi connectivity index (χ0n) is 13.7. The smallest absolute Gasteiger partial charge is 0.236 e. The molecule has 0 aromatic heterocycles. The molecule has 1 aromatic carbocycles. The van der Waals surface area contributed by atoms with Crippen LogP contribution in [-0.2, 0) is 4.79 Å². The van der Waals surface area contributed by atoms with Crippen molar-refractivity contribution >= 4 is 11.6 Å². The van der Waals surface area contributed by atoms with E-state index in [0.29, 0.717) is 12.6 Å². The molecule has 6 heteroatoms. The van der Waals surface area contributed by atoms with Gasteiger partial charge < -0.3 is 15.1 Å². The lowest BCUT2D eigenvalue weighted by Gasteiger charge is -2.38. The Morgan fingerprint density at radius 1 is 1.17 bits per heavy atom. The van der Waals surface area contributed by atoms with Crippen LogP contribution in [0.1, 0.15) is 6.92 Å². The van der Waals surface area contributed by atoms with Gasteiger partial charge in [-0.05, 0) is 31.2 Å². The van der Waals surface area contributed by atoms with Crippen molar-refractivity contribution in [3.05, 3.63) is 30.1 Å². The Kier molecular flexibility index (Phi) is 5.13. The predicted molar refractivity (Wildman–Crippen MR) is 89.1 cm³/mol. The molecule has 2 fully saturated rings. The maximum Gasteiger partial charge on any atom is 0.236 e. The first-order valence-corrected chi connectivity index (χ1v) is 8.36. The molecule has 1 N–H and O–H groups in total. The Balaban J connectivity index is 1.50. The van der Waals surface area contributed by atoms with Gasteiger partial charge in [0.05, 0.1) is 6.54 Å². The molecule has 2 aliphatic heterocycles. The van der Waals surface area contributed by atoms with E-state index in [1.165, 1.54) is 12.1 Å². The van der Waals surface area contributed by atoms with Gasteiger partial charge >= 0.3 is 0 Å². The molecular weight excluding hydrogens is 295 g/mol. The third-order valence-electron chi connectivity index (χ3n) is 4.80. The molecule has 1 amide bonds. The molecule has 1 atom stereocenters. The van der Waals surface area contributed by atoms with E-state index >= 15 is 0 Å². The van der Waals surface area contributed by atoms with Crippen LogP contribution in [0.3, 0.4) is 0 Å². The van der Waals surface area contributed by atoms with Gasteiger partial charge in [0.25, 0.3) is 0 Å². The number of rotatable bonds is 3. The summed E-state index contributed by atoms with van der Waals surface area (Å²) in [5, 5.41) is 3.35. The summed E-state index contributed by atoms with van der Waals surface area (Å²) in [6.07, 6.45) is 0. The number of carbonyl (C=O) groups excluding carboxylic acids is 1. The number of nitrogens with zero attached hydrogens (tertiary/aromatic N) is 3. The lowest BCUT2D eigenvalue weighted by atomic mass is 10.2. The van der Waals surface area contributed by atoms with Gasteiger partial charge in [-0.25, -0.2) is 4.39 Å². The summed E-state index contributed by atoms with van der Waals surface area (Å²) >= 11 is 0. The van der Waals surface area contributed by atoms with Gasteiger partial charge in [0, 0.05) is 57.5 Å². The summed E-state index contributed by atoms with van der Waals surface area (Å²) in [6, 6.07) is 6.98. The first kappa shape index (κ1) is 16.2. The highest BCUT2D eigenvalue weighted by Crippen LogP contribution is 2.17. The summed E-state index contributed by atoms with van der Waals surface area (Å²) in [6.45, 7) is 8.58. The van der Waals surface area contributed by atoms with E-state index < -0.39 is 0 Å². The van der Waals surface area contributed by atoms with Crippen molar-refractivity contribution in [2.24, 2.45) is 0 Å². The average Bonchev–Trinajstić information content (AvgIpc) is 2.58. The first-order chi connectivity index (χ1) is 11.1. The molecule has 2 saturated heterocycles. The van der Waals surface area contributed by atoms with Crippen molar-refractivity contribution in [2.45, 2.75) is 13.0 Å². The maximum atomic E-state index is 13.0. The summed E-state index contributed by atoms with van der Waals surface area (Å²) in [7, 11) is 0. The fourth-order valence-corrected chi connectivity index (χ4v) is 3.26. The first-order valence-electron chi connectivity index (χ1n) is 8.36. The molecule has 2 heterocycles. The van der Waals surface area contributed by atoms with Crippen LogP contribution in [0, 0.1) is 5.82 Å². The van der Waals surface area contributed by atoms with Crippen LogP contribution in [-0.4, -0.2) is 74.1 Å². The van der Waals surface area contributed by atoms with Gasteiger partial charge in [-0.3, -0.25) is 9.69 Å². The molecule has 0 aliphatic carbocycles. The maximum absolute atomic E-state index is 13.0. The monoisotopic (exact) mass is 320 g/mol. The number of hydrogen-bond acceptors (Lipinski definition) is 4. The van der Waals surface area contributed by atoms with Crippen LogP contribution in [0.2, 0.25) is 0 Å². The van der Waals surface area contributed by atoms with Crippen molar-refractivity contribution in [3.8, 4) is 0 Å². The minimum Gasteiger partial charge on any atom is -0.368 e. The number of carbonyl (C=O) groups is 1. The summed E-state index contributed by atoms with van der Waals surface area (Å²) in [5.41, 5.74) is 1.02. The highest BCUT2D eigenvalue weighted by molar-refractivity contribution is 5.78. The highest BCUT2D eigenvalue weighted by atomic mass is 19.1. The molecule has 0 bridgehead atoms. The second-order valence-electron chi connectivity index (χ2n) is 6.37. The van der Waals surface area contributed by atoms with E-state index in [1.807, 2.05) is 4.90 Å². The average molecular weight is 320 g/mol. The summed E-state index contributed by atoms with van der Waals surface area (Å²) in [4.78, 5) is 18.9. The molecule has 3 rings (SSSR count). The van der Waals surface area contributed by atoms with E-state index in [4.69, 9.17) is 0 Å². The minimum atomic E-state index is -0.215. The molecule has 0 saturated carbocycles. The summed E-state index contributed by atoms with van der Waals surface area (Å²) < 4.78 is 13.0. The Morgan fingerprint density at radius 3 is 2.52 bits per heavy atom. The Labute approximate surface area is 137 Å². The largest absolute Gasteiger partial charge is 0.368 e. The molecule has 0 radical (unpaired) electrons. The minimum absolute atomic E-state index is 0.215. The van der Waals surface area contributed by atoms with E-state index in [-0.39, 0.29) is 11.7 Å². The van der Waals surface area contributed by atoms with Crippen LogP contribution in [0.4, 0.5) is 10.1 Å². The third-order valence-corrected chi connectivity index (χ3v) is 4.80. The summed E-state index contributed by atoms with van der Waals surface area (Å²) in [5.74, 6) is 0.00483. The number of piperazine rings is 2. The predicted octanol–water partition coefficient (Wildman–Crippen LogP) is 0.768. The lowest BCUT2D eigenvalue weighted by Crippen LogP contribution is -2.55. The molecule has 5 nitrogen and oxygen atoms in total. The lowest BCUT2D eigenvalue weighted by molar-refractivity contribution is -0.133. The number of anilines is 1. The standard InChI is InChI=1S/C17H25FN4O/c1-14-12-19-6-7-22(14)13-17(23)21-10-8-20(9-11-21)16-4-2-15(18)3-5-16/h2-5,14,19H,6-13H2,1H3/t14-/m0/s1. The molecular formula is C17H25FN4O. The molecule has 0 unspecified atom stereocenters. The second kappa shape index (κ2) is 7.27. The third kappa shape index (κ3) is 4.00.